The van der Waals surface area contributed by atoms with Gasteiger partial charge in [-0.15, -0.1) is 11.3 Å². The Morgan fingerprint density at radius 1 is 1.12 bits per heavy atom. The van der Waals surface area contributed by atoms with E-state index in [4.69, 9.17) is 11.6 Å². The number of alkyl halides is 3. The Hall–Kier alpha value is -3.44. The second-order valence-electron chi connectivity index (χ2n) is 9.26. The highest BCUT2D eigenvalue weighted by atomic mass is 35.5. The van der Waals surface area contributed by atoms with Crippen molar-refractivity contribution in [1.29, 1.82) is 0 Å². The number of halogens is 4. The Morgan fingerprint density at radius 2 is 1.88 bits per heavy atom. The minimum absolute atomic E-state index is 0.0768. The molecule has 14 heteroatoms. The first-order chi connectivity index (χ1) is 19.0. The number of aromatic nitrogens is 4. The molecule has 1 unspecified atom stereocenters. The van der Waals surface area contributed by atoms with Crippen molar-refractivity contribution in [2.45, 2.75) is 25.4 Å². The number of piperazine rings is 1. The van der Waals surface area contributed by atoms with Crippen LogP contribution in [0.2, 0.25) is 5.02 Å². The molecular formula is C26H25ClF3N7O2S. The number of anilines is 1. The van der Waals surface area contributed by atoms with Gasteiger partial charge in [0.05, 0.1) is 28.3 Å². The number of hydrogen-bond acceptors (Lipinski definition) is 9. The Balaban J connectivity index is 1.35. The van der Waals surface area contributed by atoms with Crippen LogP contribution >= 0.6 is 22.9 Å². The highest BCUT2D eigenvalue weighted by Crippen LogP contribution is 2.35. The van der Waals surface area contributed by atoms with Crippen LogP contribution < -0.4 is 5.32 Å². The quantitative estimate of drug-likeness (QED) is 0.322. The van der Waals surface area contributed by atoms with Crippen LogP contribution in [0.25, 0.3) is 0 Å². The number of amides is 1. The van der Waals surface area contributed by atoms with Crippen LogP contribution in [0.5, 0.6) is 0 Å². The molecule has 4 heterocycles. The van der Waals surface area contributed by atoms with Crippen LogP contribution in [0.15, 0.2) is 30.9 Å². The number of carbonyl (C=O) groups is 2. The Kier molecular flexibility index (Phi) is 9.47. The zero-order valence-corrected chi connectivity index (χ0v) is 23.2. The molecule has 1 aliphatic heterocycles. The minimum Gasteiger partial charge on any atom is -0.306 e. The monoisotopic (exact) mass is 591 g/mol. The number of hydrogen-bond donors (Lipinski definition) is 1. The molecule has 0 bridgehead atoms. The van der Waals surface area contributed by atoms with Crippen LogP contribution in [-0.4, -0.2) is 81.2 Å². The van der Waals surface area contributed by atoms with E-state index >= 15 is 0 Å². The molecule has 1 fully saturated rings. The number of nitrogens with one attached hydrogen (secondary N) is 1. The highest BCUT2D eigenvalue weighted by Gasteiger charge is 2.34. The van der Waals surface area contributed by atoms with Gasteiger partial charge in [-0.05, 0) is 19.0 Å². The first-order valence-electron chi connectivity index (χ1n) is 12.2. The topological polar surface area (TPSA) is 104 Å². The van der Waals surface area contributed by atoms with Gasteiger partial charge in [0, 0.05) is 50.8 Å². The standard InChI is InChI=1S/C26H25ClF3N7O2S/c1-16(10-21(38)20-11-17(33-15-34-20)4-3-5-37-8-6-36(2)7-9-37)25-32-14-22(40-25)24(39)35-23-12-18(26(28,29)30)19(27)13-31-23/h11-16H,5-10H2,1-2H3,(H,31,35,39). The molecule has 0 aromatic carbocycles. The molecule has 1 aliphatic rings. The second-order valence-corrected chi connectivity index (χ2v) is 10.7. The van der Waals surface area contributed by atoms with Gasteiger partial charge in [-0.2, -0.15) is 13.2 Å². The summed E-state index contributed by atoms with van der Waals surface area (Å²) in [6.45, 7) is 6.31. The lowest BCUT2D eigenvalue weighted by molar-refractivity contribution is -0.137. The molecule has 4 rings (SSSR count). The van der Waals surface area contributed by atoms with Gasteiger partial charge in [-0.25, -0.2) is 19.9 Å². The van der Waals surface area contributed by atoms with Crippen LogP contribution in [0.4, 0.5) is 19.0 Å². The highest BCUT2D eigenvalue weighted by molar-refractivity contribution is 7.13. The predicted molar refractivity (Wildman–Crippen MR) is 145 cm³/mol. The SMILES string of the molecule is CC(CC(=O)c1cc(C#CCN2CCN(C)CC2)ncn1)c1ncc(C(=O)Nc2cc(C(F)(F)F)c(Cl)cn2)s1. The van der Waals surface area contributed by atoms with E-state index in [9.17, 15) is 22.8 Å². The summed E-state index contributed by atoms with van der Waals surface area (Å²) in [4.78, 5) is 46.3. The van der Waals surface area contributed by atoms with Gasteiger partial charge in [-0.1, -0.05) is 24.4 Å². The van der Waals surface area contributed by atoms with Gasteiger partial charge in [0.25, 0.3) is 5.91 Å². The fourth-order valence-corrected chi connectivity index (χ4v) is 4.89. The van der Waals surface area contributed by atoms with E-state index in [-0.39, 0.29) is 34.5 Å². The van der Waals surface area contributed by atoms with E-state index < -0.39 is 22.7 Å². The largest absolute Gasteiger partial charge is 0.418 e. The Bertz CT molecular complexity index is 1450. The van der Waals surface area contributed by atoms with E-state index in [1.807, 2.05) is 0 Å². The summed E-state index contributed by atoms with van der Waals surface area (Å²) in [6, 6.07) is 2.22. The van der Waals surface area contributed by atoms with Crippen molar-refractivity contribution in [3.63, 3.8) is 0 Å². The maximum atomic E-state index is 13.1. The van der Waals surface area contributed by atoms with Crippen molar-refractivity contribution in [1.82, 2.24) is 29.7 Å². The number of likely N-dealkylation sites (N-methyl/N-ethyl adjacent to an activating group) is 1. The van der Waals surface area contributed by atoms with Crippen LogP contribution in [-0.2, 0) is 6.18 Å². The van der Waals surface area contributed by atoms with Crippen LogP contribution in [0.3, 0.4) is 0 Å². The fourth-order valence-electron chi connectivity index (χ4n) is 3.82. The summed E-state index contributed by atoms with van der Waals surface area (Å²) in [5.41, 5.74) is -0.419. The fraction of sp³-hybridized carbons (Fsp3) is 0.385. The summed E-state index contributed by atoms with van der Waals surface area (Å²) in [6.07, 6.45) is -1.19. The van der Waals surface area contributed by atoms with E-state index in [2.05, 4.69) is 53.9 Å². The minimum atomic E-state index is -4.69. The van der Waals surface area contributed by atoms with E-state index in [1.54, 1.807) is 13.0 Å². The Morgan fingerprint density at radius 3 is 2.60 bits per heavy atom. The molecule has 0 spiro atoms. The van der Waals surface area contributed by atoms with Gasteiger partial charge >= 0.3 is 6.18 Å². The number of carbonyl (C=O) groups excluding carboxylic acids is 2. The molecule has 3 aromatic rings. The number of thiazole rings is 1. The van der Waals surface area contributed by atoms with Crippen LogP contribution in [0, 0.1) is 11.8 Å². The van der Waals surface area contributed by atoms with Gasteiger partial charge in [0.1, 0.15) is 28.4 Å². The zero-order chi connectivity index (χ0) is 28.9. The third-order valence-corrected chi connectivity index (χ3v) is 7.66. The molecule has 9 nitrogen and oxygen atoms in total. The van der Waals surface area contributed by atoms with Gasteiger partial charge in [0.15, 0.2) is 5.78 Å². The molecule has 0 saturated carbocycles. The average Bonchev–Trinajstić information content (AvgIpc) is 3.41. The zero-order valence-electron chi connectivity index (χ0n) is 21.6. The maximum Gasteiger partial charge on any atom is 0.418 e. The lowest BCUT2D eigenvalue weighted by Gasteiger charge is -2.30. The van der Waals surface area contributed by atoms with Gasteiger partial charge in [0.2, 0.25) is 0 Å². The lowest BCUT2D eigenvalue weighted by Crippen LogP contribution is -2.44. The third-order valence-electron chi connectivity index (χ3n) is 6.13. The normalized spacial score (nSPS) is 15.2. The molecule has 1 saturated heterocycles. The molecule has 0 aliphatic carbocycles. The van der Waals surface area contributed by atoms with Crippen molar-refractivity contribution in [3.8, 4) is 11.8 Å². The smallest absolute Gasteiger partial charge is 0.306 e. The summed E-state index contributed by atoms with van der Waals surface area (Å²) < 4.78 is 39.3. The number of nitrogens with zero attached hydrogens (tertiary/aromatic N) is 6. The molecule has 1 N–H and O–H groups in total. The van der Waals surface area contributed by atoms with Crippen molar-refractivity contribution in [3.05, 3.63) is 62.7 Å². The van der Waals surface area contributed by atoms with Crippen molar-refractivity contribution in [2.75, 3.05) is 45.1 Å². The lowest BCUT2D eigenvalue weighted by atomic mass is 10.0. The predicted octanol–water partition coefficient (Wildman–Crippen LogP) is 4.23. The number of Topliss-reactive ketones (excluding diaryl/α,β-unsaturated/α-hetero) is 1. The first kappa shape index (κ1) is 29.5. The molecule has 3 aromatic heterocycles. The molecular weight excluding hydrogens is 567 g/mol. The summed E-state index contributed by atoms with van der Waals surface area (Å²) >= 11 is 6.61. The molecule has 1 amide bonds. The first-order valence-corrected chi connectivity index (χ1v) is 13.4. The average molecular weight is 592 g/mol. The van der Waals surface area contributed by atoms with Crippen molar-refractivity contribution < 1.29 is 22.8 Å². The summed E-state index contributed by atoms with van der Waals surface area (Å²) in [5, 5.41) is 2.26. The molecule has 1 atom stereocenters. The third kappa shape index (κ3) is 7.82. The number of ketones is 1. The van der Waals surface area contributed by atoms with Crippen LogP contribution in [0.1, 0.15) is 55.7 Å². The van der Waals surface area contributed by atoms with E-state index in [0.29, 0.717) is 23.3 Å². The molecule has 0 radical (unpaired) electrons. The molecule has 40 heavy (non-hydrogen) atoms. The van der Waals surface area contributed by atoms with Gasteiger partial charge < -0.3 is 10.2 Å². The maximum absolute atomic E-state index is 13.1. The second kappa shape index (κ2) is 12.8. The van der Waals surface area contributed by atoms with Gasteiger partial charge in [-0.3, -0.25) is 14.5 Å². The number of rotatable bonds is 7. The summed E-state index contributed by atoms with van der Waals surface area (Å²) in [5.74, 6) is 4.55. The van der Waals surface area contributed by atoms with Crippen molar-refractivity contribution >= 4 is 40.4 Å². The molecule has 210 valence electrons. The van der Waals surface area contributed by atoms with E-state index in [0.717, 1.165) is 43.7 Å². The summed E-state index contributed by atoms with van der Waals surface area (Å²) in [7, 11) is 2.09. The van der Waals surface area contributed by atoms with Crippen molar-refractivity contribution in [2.24, 2.45) is 0 Å². The Labute approximate surface area is 237 Å². The van der Waals surface area contributed by atoms with E-state index in [1.165, 1.54) is 12.5 Å². The number of pyridine rings is 1.